The van der Waals surface area contributed by atoms with Crippen molar-refractivity contribution in [2.75, 3.05) is 14.1 Å². The highest BCUT2D eigenvalue weighted by atomic mass is 35.5. The Balaban J connectivity index is 0.00000176. The summed E-state index contributed by atoms with van der Waals surface area (Å²) in [5, 5.41) is 1.25. The van der Waals surface area contributed by atoms with Gasteiger partial charge in [-0.1, -0.05) is 35.3 Å². The molecule has 3 rings (SSSR count). The van der Waals surface area contributed by atoms with Crippen molar-refractivity contribution < 1.29 is 17.3 Å². The summed E-state index contributed by atoms with van der Waals surface area (Å²) in [4.78, 5) is 6.06. The summed E-state index contributed by atoms with van der Waals surface area (Å²) in [6, 6.07) is 13.6. The minimum atomic E-state index is 0. The fourth-order valence-electron chi connectivity index (χ4n) is 2.43. The first-order valence-corrected chi connectivity index (χ1v) is 7.51. The van der Waals surface area contributed by atoms with Crippen LogP contribution in [0.1, 0.15) is 0 Å². The molecule has 6 heteroatoms. The van der Waals surface area contributed by atoms with Gasteiger partial charge in [-0.3, -0.25) is 4.57 Å². The van der Waals surface area contributed by atoms with Crippen LogP contribution in [0.3, 0.4) is 0 Å². The highest BCUT2D eigenvalue weighted by Crippen LogP contribution is 2.31. The second-order valence-corrected chi connectivity index (χ2v) is 6.19. The molecular formula is C16H16Cl3N3. The highest BCUT2D eigenvalue weighted by molar-refractivity contribution is 6.36. The number of quaternary nitrogens is 1. The van der Waals surface area contributed by atoms with Crippen molar-refractivity contribution in [3.8, 4) is 11.4 Å². The topological polar surface area (TPSA) is 22.3 Å². The number of aromatic nitrogens is 2. The number of imidazole rings is 1. The lowest BCUT2D eigenvalue weighted by Crippen LogP contribution is -3.05. The van der Waals surface area contributed by atoms with E-state index in [0.717, 1.165) is 29.1 Å². The number of rotatable bonds is 3. The normalized spacial score (nSPS) is 11.0. The van der Waals surface area contributed by atoms with Gasteiger partial charge in [0.1, 0.15) is 5.82 Å². The number of nitrogens with one attached hydrogen (secondary N) is 1. The van der Waals surface area contributed by atoms with Gasteiger partial charge >= 0.3 is 0 Å². The van der Waals surface area contributed by atoms with Crippen LogP contribution >= 0.6 is 23.2 Å². The van der Waals surface area contributed by atoms with Crippen molar-refractivity contribution >= 4 is 34.2 Å². The summed E-state index contributed by atoms with van der Waals surface area (Å²) in [6.07, 6.45) is 0. The van der Waals surface area contributed by atoms with E-state index in [-0.39, 0.29) is 12.4 Å². The van der Waals surface area contributed by atoms with Crippen LogP contribution in [-0.4, -0.2) is 23.6 Å². The van der Waals surface area contributed by atoms with Gasteiger partial charge in [0.15, 0.2) is 6.67 Å². The van der Waals surface area contributed by atoms with Crippen molar-refractivity contribution in [2.45, 2.75) is 6.67 Å². The van der Waals surface area contributed by atoms with Crippen LogP contribution in [0.2, 0.25) is 10.0 Å². The van der Waals surface area contributed by atoms with Crippen LogP contribution < -0.4 is 17.3 Å². The molecule has 0 aliphatic heterocycles. The molecule has 0 fully saturated rings. The molecular weight excluding hydrogens is 341 g/mol. The molecule has 3 nitrogen and oxygen atoms in total. The third-order valence-electron chi connectivity index (χ3n) is 3.30. The first-order chi connectivity index (χ1) is 10.1. The molecule has 0 spiro atoms. The molecule has 0 aliphatic rings. The number of para-hydroxylation sites is 2. The summed E-state index contributed by atoms with van der Waals surface area (Å²) < 4.78 is 2.19. The predicted octanol–water partition coefficient (Wildman–Crippen LogP) is 0.116. The standard InChI is InChI=1S/C16H15Cl2N3.ClH/c1-20(2)10-21-15-6-4-3-5-14(15)19-16(21)12-8-7-11(17)9-13(12)18;/h3-9H,10H2,1-2H3;1H. The molecule has 1 heterocycles. The summed E-state index contributed by atoms with van der Waals surface area (Å²) in [7, 11) is 4.23. The van der Waals surface area contributed by atoms with Crippen LogP contribution in [0.15, 0.2) is 42.5 Å². The van der Waals surface area contributed by atoms with Gasteiger partial charge in [-0.05, 0) is 30.3 Å². The van der Waals surface area contributed by atoms with E-state index in [2.05, 4.69) is 24.7 Å². The van der Waals surface area contributed by atoms with E-state index >= 15 is 0 Å². The molecule has 116 valence electrons. The van der Waals surface area contributed by atoms with Gasteiger partial charge in [0.05, 0.1) is 30.2 Å². The van der Waals surface area contributed by atoms with Gasteiger partial charge in [-0.25, -0.2) is 4.98 Å². The van der Waals surface area contributed by atoms with Crippen LogP contribution in [0.25, 0.3) is 22.4 Å². The molecule has 0 aliphatic carbocycles. The molecule has 0 saturated heterocycles. The van der Waals surface area contributed by atoms with E-state index in [1.807, 2.05) is 30.3 Å². The Kier molecular flexibility index (Phi) is 5.35. The van der Waals surface area contributed by atoms with E-state index in [1.165, 1.54) is 4.90 Å². The maximum atomic E-state index is 6.36. The van der Waals surface area contributed by atoms with Crippen molar-refractivity contribution in [3.05, 3.63) is 52.5 Å². The fourth-order valence-corrected chi connectivity index (χ4v) is 2.92. The summed E-state index contributed by atoms with van der Waals surface area (Å²) in [5.74, 6) is 0.874. The Labute approximate surface area is 145 Å². The summed E-state index contributed by atoms with van der Waals surface area (Å²) in [6.45, 7) is 0.814. The largest absolute Gasteiger partial charge is 1.00 e. The Morgan fingerprint density at radius 3 is 2.50 bits per heavy atom. The first-order valence-electron chi connectivity index (χ1n) is 6.76. The van der Waals surface area contributed by atoms with Crippen LogP contribution in [0, 0.1) is 0 Å². The number of fused-ring (bicyclic) bond motifs is 1. The maximum Gasteiger partial charge on any atom is 0.158 e. The lowest BCUT2D eigenvalue weighted by atomic mass is 10.2. The minimum absolute atomic E-state index is 0. The van der Waals surface area contributed by atoms with Gasteiger partial charge < -0.3 is 17.3 Å². The number of halogens is 3. The average molecular weight is 357 g/mol. The Hall–Kier alpha value is -1.26. The molecule has 3 aromatic rings. The SMILES string of the molecule is C[NH+](C)Cn1c(-c2ccc(Cl)cc2Cl)nc2ccccc21.[Cl-]. The van der Waals surface area contributed by atoms with Gasteiger partial charge in [-0.15, -0.1) is 0 Å². The molecule has 0 saturated carbocycles. The zero-order chi connectivity index (χ0) is 15.0. The number of hydrogen-bond donors (Lipinski definition) is 1. The summed E-state index contributed by atoms with van der Waals surface area (Å²) in [5.41, 5.74) is 2.98. The van der Waals surface area contributed by atoms with E-state index in [0.29, 0.717) is 10.0 Å². The summed E-state index contributed by atoms with van der Waals surface area (Å²) >= 11 is 12.3. The molecule has 0 atom stereocenters. The van der Waals surface area contributed by atoms with Gasteiger partial charge in [0.25, 0.3) is 0 Å². The predicted molar refractivity (Wildman–Crippen MR) is 88.0 cm³/mol. The van der Waals surface area contributed by atoms with E-state index in [1.54, 1.807) is 6.07 Å². The molecule has 0 unspecified atom stereocenters. The molecule has 2 aromatic carbocycles. The number of nitrogens with zero attached hydrogens (tertiary/aromatic N) is 2. The molecule has 0 amide bonds. The van der Waals surface area contributed by atoms with E-state index in [9.17, 15) is 0 Å². The minimum Gasteiger partial charge on any atom is -1.00 e. The van der Waals surface area contributed by atoms with Crippen LogP contribution in [0.5, 0.6) is 0 Å². The van der Waals surface area contributed by atoms with Crippen molar-refractivity contribution in [1.29, 1.82) is 0 Å². The Bertz CT molecular complexity index is 796. The second-order valence-electron chi connectivity index (χ2n) is 5.34. The van der Waals surface area contributed by atoms with Gasteiger partial charge in [-0.2, -0.15) is 0 Å². The van der Waals surface area contributed by atoms with Crippen LogP contribution in [0.4, 0.5) is 0 Å². The molecule has 1 aromatic heterocycles. The molecule has 0 bridgehead atoms. The third kappa shape index (κ3) is 3.23. The molecule has 1 N–H and O–H groups in total. The van der Waals surface area contributed by atoms with Gasteiger partial charge in [0, 0.05) is 10.6 Å². The zero-order valence-corrected chi connectivity index (χ0v) is 14.5. The average Bonchev–Trinajstić information content (AvgIpc) is 2.77. The van der Waals surface area contributed by atoms with Crippen LogP contribution in [-0.2, 0) is 6.67 Å². The van der Waals surface area contributed by atoms with E-state index in [4.69, 9.17) is 28.2 Å². The Morgan fingerprint density at radius 1 is 1.09 bits per heavy atom. The lowest BCUT2D eigenvalue weighted by Gasteiger charge is -2.13. The second kappa shape index (κ2) is 6.88. The smallest absolute Gasteiger partial charge is 0.158 e. The maximum absolute atomic E-state index is 6.36. The van der Waals surface area contributed by atoms with Crippen molar-refractivity contribution in [3.63, 3.8) is 0 Å². The first kappa shape index (κ1) is 17.1. The monoisotopic (exact) mass is 355 g/mol. The van der Waals surface area contributed by atoms with Crippen molar-refractivity contribution in [2.24, 2.45) is 0 Å². The van der Waals surface area contributed by atoms with Crippen molar-refractivity contribution in [1.82, 2.24) is 9.55 Å². The Morgan fingerprint density at radius 2 is 1.82 bits per heavy atom. The highest BCUT2D eigenvalue weighted by Gasteiger charge is 2.16. The molecule has 22 heavy (non-hydrogen) atoms. The zero-order valence-electron chi connectivity index (χ0n) is 12.3. The lowest BCUT2D eigenvalue weighted by molar-refractivity contribution is -0.882. The number of benzene rings is 2. The van der Waals surface area contributed by atoms with E-state index < -0.39 is 0 Å². The fraction of sp³-hybridized carbons (Fsp3) is 0.188. The number of hydrogen-bond acceptors (Lipinski definition) is 1. The quantitative estimate of drug-likeness (QED) is 0.707. The molecule has 0 radical (unpaired) electrons. The third-order valence-corrected chi connectivity index (χ3v) is 3.85. The van der Waals surface area contributed by atoms with Gasteiger partial charge in [0.2, 0.25) is 0 Å².